The van der Waals surface area contributed by atoms with Crippen molar-refractivity contribution < 1.29 is 9.53 Å². The zero-order valence-electron chi connectivity index (χ0n) is 20.1. The lowest BCUT2D eigenvalue weighted by atomic mass is 9.71. The molecule has 1 aromatic heterocycles. The van der Waals surface area contributed by atoms with Gasteiger partial charge in [-0.05, 0) is 86.4 Å². The minimum absolute atomic E-state index is 0.363. The fourth-order valence-electron chi connectivity index (χ4n) is 6.85. The van der Waals surface area contributed by atoms with Gasteiger partial charge in [0.05, 0.1) is 5.41 Å². The van der Waals surface area contributed by atoms with Crippen LogP contribution in [0.4, 0.5) is 0 Å². The number of rotatable bonds is 4. The monoisotopic (exact) mass is 454 g/mol. The van der Waals surface area contributed by atoms with E-state index < -0.39 is 5.41 Å². The van der Waals surface area contributed by atoms with E-state index in [1.807, 2.05) is 12.4 Å². The summed E-state index contributed by atoms with van der Waals surface area (Å²) in [6, 6.07) is 18.3. The van der Waals surface area contributed by atoms with Gasteiger partial charge in [-0.1, -0.05) is 42.0 Å². The quantitative estimate of drug-likeness (QED) is 0.515. The molecule has 3 aliphatic heterocycles. The average molecular weight is 455 g/mol. The summed E-state index contributed by atoms with van der Waals surface area (Å²) < 4.78 is 5.72. The molecule has 0 aliphatic carbocycles. The first-order valence-electron chi connectivity index (χ1n) is 12.9. The van der Waals surface area contributed by atoms with Gasteiger partial charge in [0.1, 0.15) is 0 Å². The van der Waals surface area contributed by atoms with Gasteiger partial charge in [-0.2, -0.15) is 0 Å². The predicted molar refractivity (Wildman–Crippen MR) is 135 cm³/mol. The molecule has 4 heteroatoms. The lowest BCUT2D eigenvalue weighted by Gasteiger charge is -2.46. The van der Waals surface area contributed by atoms with E-state index in [4.69, 9.17) is 4.74 Å². The first kappa shape index (κ1) is 21.8. The normalized spacial score (nSPS) is 26.0. The number of hydrogen-bond acceptors (Lipinski definition) is 3. The molecular weight excluding hydrogens is 420 g/mol. The number of hydrogen-bond donors (Lipinski definition) is 0. The van der Waals surface area contributed by atoms with Crippen LogP contribution in [0.2, 0.25) is 0 Å². The number of aromatic nitrogens is 1. The number of nitrogens with zero attached hydrogens (tertiary/aromatic N) is 2. The minimum Gasteiger partial charge on any atom is -0.381 e. The molecule has 0 spiro atoms. The van der Waals surface area contributed by atoms with Crippen molar-refractivity contribution >= 4 is 16.7 Å². The Bertz CT molecular complexity index is 1170. The fraction of sp³-hybridized carbons (Fsp3) is 0.467. The van der Waals surface area contributed by atoms with Crippen molar-refractivity contribution in [3.05, 3.63) is 77.6 Å². The Morgan fingerprint density at radius 2 is 1.74 bits per heavy atom. The van der Waals surface area contributed by atoms with E-state index >= 15 is 0 Å². The molecule has 3 aliphatic rings. The van der Waals surface area contributed by atoms with Crippen LogP contribution in [-0.4, -0.2) is 41.1 Å². The molecule has 4 nitrogen and oxygen atoms in total. The van der Waals surface area contributed by atoms with Crippen molar-refractivity contribution in [1.82, 2.24) is 9.88 Å². The van der Waals surface area contributed by atoms with Crippen LogP contribution >= 0.6 is 0 Å². The third kappa shape index (κ3) is 3.82. The number of carbonyl (C=O) groups excluding carboxylic acids is 1. The molecule has 2 atom stereocenters. The second kappa shape index (κ2) is 8.81. The van der Waals surface area contributed by atoms with Gasteiger partial charge < -0.3 is 9.64 Å². The zero-order valence-corrected chi connectivity index (χ0v) is 20.1. The molecule has 176 valence electrons. The molecule has 0 saturated carbocycles. The first-order chi connectivity index (χ1) is 16.6. The van der Waals surface area contributed by atoms with Crippen LogP contribution in [0.15, 0.2) is 60.9 Å². The van der Waals surface area contributed by atoms with Crippen LogP contribution in [-0.2, 0) is 21.4 Å². The molecule has 4 heterocycles. The lowest BCUT2D eigenvalue weighted by molar-refractivity contribution is -0.146. The van der Waals surface area contributed by atoms with Crippen molar-refractivity contribution in [2.24, 2.45) is 5.92 Å². The largest absolute Gasteiger partial charge is 0.381 e. The van der Waals surface area contributed by atoms with E-state index in [9.17, 15) is 4.79 Å². The van der Waals surface area contributed by atoms with Gasteiger partial charge in [0.25, 0.3) is 0 Å². The van der Waals surface area contributed by atoms with E-state index in [1.165, 1.54) is 27.5 Å². The molecule has 3 fully saturated rings. The van der Waals surface area contributed by atoms with E-state index in [1.54, 1.807) is 0 Å². The zero-order chi connectivity index (χ0) is 23.1. The van der Waals surface area contributed by atoms with Crippen LogP contribution in [0.1, 0.15) is 55.2 Å². The van der Waals surface area contributed by atoms with E-state index in [0.717, 1.165) is 44.9 Å². The van der Waals surface area contributed by atoms with E-state index in [2.05, 4.69) is 65.3 Å². The van der Waals surface area contributed by atoms with Crippen LogP contribution < -0.4 is 0 Å². The van der Waals surface area contributed by atoms with Crippen molar-refractivity contribution in [2.45, 2.75) is 69.4 Å². The SMILES string of the molecule is Cc1ccc(C2(C(=O)N3C4CCC3CC(Cc3ccc5ccncc5c3)C4)CCOCC2)cc1. The molecule has 3 aromatic rings. The summed E-state index contributed by atoms with van der Waals surface area (Å²) in [6.45, 7) is 3.45. The molecule has 0 N–H and O–H groups in total. The van der Waals surface area contributed by atoms with Gasteiger partial charge >= 0.3 is 0 Å². The summed E-state index contributed by atoms with van der Waals surface area (Å²) in [5, 5.41) is 2.47. The summed E-state index contributed by atoms with van der Waals surface area (Å²) in [4.78, 5) is 20.9. The summed E-state index contributed by atoms with van der Waals surface area (Å²) in [7, 11) is 0. The molecule has 2 unspecified atom stereocenters. The first-order valence-corrected chi connectivity index (χ1v) is 12.9. The molecular formula is C30H34N2O2. The van der Waals surface area contributed by atoms with Crippen LogP contribution in [0.5, 0.6) is 0 Å². The number of aryl methyl sites for hydroxylation is 1. The molecule has 2 aromatic carbocycles. The van der Waals surface area contributed by atoms with Gasteiger partial charge in [-0.15, -0.1) is 0 Å². The number of amides is 1. The Balaban J connectivity index is 1.22. The third-order valence-corrected chi connectivity index (χ3v) is 8.65. The van der Waals surface area contributed by atoms with Gasteiger partial charge in [0, 0.05) is 43.1 Å². The Kier molecular flexibility index (Phi) is 5.65. The molecule has 0 radical (unpaired) electrons. The highest BCUT2D eigenvalue weighted by Gasteiger charge is 2.51. The van der Waals surface area contributed by atoms with Crippen LogP contribution in [0.25, 0.3) is 10.8 Å². The molecule has 6 rings (SSSR count). The third-order valence-electron chi connectivity index (χ3n) is 8.65. The maximum Gasteiger partial charge on any atom is 0.233 e. The highest BCUT2D eigenvalue weighted by Crippen LogP contribution is 2.45. The van der Waals surface area contributed by atoms with Gasteiger partial charge in [-0.3, -0.25) is 9.78 Å². The summed E-state index contributed by atoms with van der Waals surface area (Å²) in [6.07, 6.45) is 11.0. The number of ether oxygens (including phenoxy) is 1. The van der Waals surface area contributed by atoms with Crippen molar-refractivity contribution in [1.29, 1.82) is 0 Å². The van der Waals surface area contributed by atoms with Crippen LogP contribution in [0, 0.1) is 12.8 Å². The predicted octanol–water partition coefficient (Wildman–Crippen LogP) is 5.60. The molecule has 2 bridgehead atoms. The standard InChI is InChI=1S/C30H34N2O2/c1-21-2-6-26(7-3-21)30(11-14-34-15-12-30)29(33)32-27-8-9-28(32)19-23(18-27)16-22-4-5-24-10-13-31-20-25(24)17-22/h2-7,10,13,17,20,23,27-28H,8-9,11-12,14-16,18-19H2,1H3. The molecule has 3 saturated heterocycles. The lowest BCUT2D eigenvalue weighted by Crippen LogP contribution is -2.56. The van der Waals surface area contributed by atoms with Gasteiger partial charge in [-0.25, -0.2) is 0 Å². The van der Waals surface area contributed by atoms with Gasteiger partial charge in [0.15, 0.2) is 0 Å². The number of carbonyl (C=O) groups is 1. The number of piperidine rings is 1. The minimum atomic E-state index is -0.426. The van der Waals surface area contributed by atoms with E-state index in [0.29, 0.717) is 37.1 Å². The summed E-state index contributed by atoms with van der Waals surface area (Å²) in [5.41, 5.74) is 3.39. The van der Waals surface area contributed by atoms with Crippen molar-refractivity contribution in [3.8, 4) is 0 Å². The molecule has 1 amide bonds. The topological polar surface area (TPSA) is 42.4 Å². The smallest absolute Gasteiger partial charge is 0.233 e. The number of fused-ring (bicyclic) bond motifs is 3. The number of benzene rings is 2. The van der Waals surface area contributed by atoms with E-state index in [-0.39, 0.29) is 0 Å². The molecule has 34 heavy (non-hydrogen) atoms. The highest BCUT2D eigenvalue weighted by molar-refractivity contribution is 5.89. The summed E-state index contributed by atoms with van der Waals surface area (Å²) >= 11 is 0. The second-order valence-corrected chi connectivity index (χ2v) is 10.8. The second-order valence-electron chi connectivity index (χ2n) is 10.8. The van der Waals surface area contributed by atoms with Crippen molar-refractivity contribution in [3.63, 3.8) is 0 Å². The Morgan fingerprint density at radius 3 is 2.47 bits per heavy atom. The van der Waals surface area contributed by atoms with Gasteiger partial charge in [0.2, 0.25) is 5.91 Å². The fourth-order valence-corrected chi connectivity index (χ4v) is 6.85. The maximum absolute atomic E-state index is 14.3. The highest BCUT2D eigenvalue weighted by atomic mass is 16.5. The Hall–Kier alpha value is -2.72. The Morgan fingerprint density at radius 1 is 1.00 bits per heavy atom. The maximum atomic E-state index is 14.3. The Labute approximate surface area is 202 Å². The average Bonchev–Trinajstić information content (AvgIpc) is 3.14. The van der Waals surface area contributed by atoms with Crippen molar-refractivity contribution in [2.75, 3.05) is 13.2 Å². The summed E-state index contributed by atoms with van der Waals surface area (Å²) in [5.74, 6) is 1.00. The van der Waals surface area contributed by atoms with Crippen LogP contribution in [0.3, 0.4) is 0 Å². The number of pyridine rings is 1.